The third-order valence-electron chi connectivity index (χ3n) is 3.67. The molecule has 0 aliphatic carbocycles. The maximum Gasteiger partial charge on any atom is 0.230 e. The number of nitrogens with zero attached hydrogens (tertiary/aromatic N) is 3. The summed E-state index contributed by atoms with van der Waals surface area (Å²) >= 11 is 1.28. The Kier molecular flexibility index (Phi) is 5.30. The number of thioether (sulfide) groups is 1. The molecule has 0 atom stereocenters. The SMILES string of the molecule is CCC(C)(C)NC(=O)CSc1nnc(-c2ccc(C)cc2)n1N. The molecule has 2 rings (SSSR count). The number of nitrogens with one attached hydrogen (secondary N) is 1. The van der Waals surface area contributed by atoms with Crippen LogP contribution in [0, 0.1) is 6.92 Å². The molecule has 124 valence electrons. The van der Waals surface area contributed by atoms with Gasteiger partial charge in [0.2, 0.25) is 11.1 Å². The number of hydrogen-bond donors (Lipinski definition) is 2. The molecule has 1 heterocycles. The molecule has 0 bridgehead atoms. The molecular formula is C16H23N5OS. The third-order valence-corrected chi connectivity index (χ3v) is 4.61. The van der Waals surface area contributed by atoms with Crippen molar-refractivity contribution in [2.45, 2.75) is 44.8 Å². The van der Waals surface area contributed by atoms with Crippen molar-refractivity contribution in [3.8, 4) is 11.4 Å². The van der Waals surface area contributed by atoms with Crippen LogP contribution in [0.1, 0.15) is 32.8 Å². The van der Waals surface area contributed by atoms with E-state index in [1.165, 1.54) is 22.0 Å². The van der Waals surface area contributed by atoms with Crippen LogP contribution in [0.3, 0.4) is 0 Å². The Morgan fingerprint density at radius 3 is 2.57 bits per heavy atom. The van der Waals surface area contributed by atoms with Crippen molar-refractivity contribution < 1.29 is 4.79 Å². The van der Waals surface area contributed by atoms with Crippen LogP contribution in [0.4, 0.5) is 0 Å². The van der Waals surface area contributed by atoms with E-state index in [0.29, 0.717) is 11.0 Å². The summed E-state index contributed by atoms with van der Waals surface area (Å²) in [7, 11) is 0. The Morgan fingerprint density at radius 2 is 1.96 bits per heavy atom. The normalized spacial score (nSPS) is 11.5. The van der Waals surface area contributed by atoms with E-state index in [-0.39, 0.29) is 17.2 Å². The van der Waals surface area contributed by atoms with Crippen LogP contribution in [0.15, 0.2) is 29.4 Å². The van der Waals surface area contributed by atoms with Crippen molar-refractivity contribution >= 4 is 17.7 Å². The fourth-order valence-electron chi connectivity index (χ4n) is 1.91. The van der Waals surface area contributed by atoms with Gasteiger partial charge in [0.1, 0.15) is 0 Å². The maximum absolute atomic E-state index is 12.0. The van der Waals surface area contributed by atoms with E-state index in [4.69, 9.17) is 5.84 Å². The molecule has 0 unspecified atom stereocenters. The van der Waals surface area contributed by atoms with Crippen LogP contribution in [-0.2, 0) is 4.79 Å². The second-order valence-corrected chi connectivity index (χ2v) is 7.06. The lowest BCUT2D eigenvalue weighted by Gasteiger charge is -2.24. The summed E-state index contributed by atoms with van der Waals surface area (Å²) in [5, 5.41) is 11.7. The van der Waals surface area contributed by atoms with Gasteiger partial charge in [-0.2, -0.15) is 0 Å². The molecule has 0 saturated carbocycles. The molecular weight excluding hydrogens is 310 g/mol. The van der Waals surface area contributed by atoms with Crippen LogP contribution in [0.2, 0.25) is 0 Å². The van der Waals surface area contributed by atoms with Crippen molar-refractivity contribution in [1.82, 2.24) is 20.2 Å². The zero-order valence-corrected chi connectivity index (χ0v) is 14.8. The number of nitrogens with two attached hydrogens (primary N) is 1. The van der Waals surface area contributed by atoms with E-state index in [0.717, 1.165) is 12.0 Å². The van der Waals surface area contributed by atoms with Crippen molar-refractivity contribution in [1.29, 1.82) is 0 Å². The van der Waals surface area contributed by atoms with Crippen LogP contribution in [0.5, 0.6) is 0 Å². The number of benzene rings is 1. The molecule has 1 aromatic carbocycles. The molecule has 7 heteroatoms. The van der Waals surface area contributed by atoms with Gasteiger partial charge < -0.3 is 11.2 Å². The highest BCUT2D eigenvalue weighted by Gasteiger charge is 2.19. The molecule has 0 spiro atoms. The first kappa shape index (κ1) is 17.3. The monoisotopic (exact) mass is 333 g/mol. The topological polar surface area (TPSA) is 85.8 Å². The van der Waals surface area contributed by atoms with Gasteiger partial charge in [0.15, 0.2) is 5.82 Å². The molecule has 2 aromatic rings. The van der Waals surface area contributed by atoms with Gasteiger partial charge in [0.25, 0.3) is 0 Å². The molecule has 1 aromatic heterocycles. The molecule has 0 aliphatic rings. The Morgan fingerprint density at radius 1 is 1.30 bits per heavy atom. The van der Waals surface area contributed by atoms with Crippen LogP contribution < -0.4 is 11.2 Å². The molecule has 23 heavy (non-hydrogen) atoms. The molecule has 6 nitrogen and oxygen atoms in total. The highest BCUT2D eigenvalue weighted by Crippen LogP contribution is 2.22. The third kappa shape index (κ3) is 4.48. The number of aromatic nitrogens is 3. The first-order valence-corrected chi connectivity index (χ1v) is 8.52. The van der Waals surface area contributed by atoms with Gasteiger partial charge in [-0.3, -0.25) is 4.79 Å². The van der Waals surface area contributed by atoms with Gasteiger partial charge in [0.05, 0.1) is 5.75 Å². The molecule has 0 radical (unpaired) electrons. The van der Waals surface area contributed by atoms with Crippen molar-refractivity contribution in [2.24, 2.45) is 0 Å². The predicted molar refractivity (Wildman–Crippen MR) is 93.6 cm³/mol. The number of rotatable bonds is 6. The minimum absolute atomic E-state index is 0.0401. The highest BCUT2D eigenvalue weighted by molar-refractivity contribution is 7.99. The Bertz CT molecular complexity index is 678. The van der Waals surface area contributed by atoms with Crippen molar-refractivity contribution in [2.75, 3.05) is 11.6 Å². The van der Waals surface area contributed by atoms with Crippen molar-refractivity contribution in [3.05, 3.63) is 29.8 Å². The molecule has 3 N–H and O–H groups in total. The molecule has 0 fully saturated rings. The number of hydrogen-bond acceptors (Lipinski definition) is 5. The average Bonchev–Trinajstić information content (AvgIpc) is 2.87. The summed E-state index contributed by atoms with van der Waals surface area (Å²) in [6.07, 6.45) is 0.869. The smallest absolute Gasteiger partial charge is 0.230 e. The lowest BCUT2D eigenvalue weighted by molar-refractivity contribution is -0.120. The first-order chi connectivity index (χ1) is 10.8. The van der Waals surface area contributed by atoms with E-state index in [2.05, 4.69) is 15.5 Å². The number of nitrogen functional groups attached to an aromatic ring is 1. The second kappa shape index (κ2) is 7.04. The van der Waals surface area contributed by atoms with Crippen LogP contribution in [-0.4, -0.2) is 32.1 Å². The van der Waals surface area contributed by atoms with E-state index >= 15 is 0 Å². The maximum atomic E-state index is 12.0. The Balaban J connectivity index is 2.03. The summed E-state index contributed by atoms with van der Waals surface area (Å²) < 4.78 is 1.42. The van der Waals surface area contributed by atoms with Crippen molar-refractivity contribution in [3.63, 3.8) is 0 Å². The summed E-state index contributed by atoms with van der Waals surface area (Å²) in [6.45, 7) is 8.05. The van der Waals surface area contributed by atoms with Gasteiger partial charge in [-0.25, -0.2) is 4.68 Å². The summed E-state index contributed by atoms with van der Waals surface area (Å²) in [5.74, 6) is 6.85. The van der Waals surface area contributed by atoms with Gasteiger partial charge >= 0.3 is 0 Å². The minimum atomic E-state index is -0.207. The summed E-state index contributed by atoms with van der Waals surface area (Å²) in [5.41, 5.74) is 1.86. The van der Waals surface area contributed by atoms with Gasteiger partial charge in [0, 0.05) is 11.1 Å². The summed E-state index contributed by atoms with van der Waals surface area (Å²) in [4.78, 5) is 12.0. The number of carbonyl (C=O) groups excluding carboxylic acids is 1. The fraction of sp³-hybridized carbons (Fsp3) is 0.438. The lowest BCUT2D eigenvalue weighted by atomic mass is 10.0. The van der Waals surface area contributed by atoms with Gasteiger partial charge in [-0.05, 0) is 27.2 Å². The van der Waals surface area contributed by atoms with E-state index in [9.17, 15) is 4.79 Å². The van der Waals surface area contributed by atoms with Crippen LogP contribution in [0.25, 0.3) is 11.4 Å². The molecule has 1 amide bonds. The Hall–Kier alpha value is -2.02. The zero-order valence-electron chi connectivity index (χ0n) is 14.0. The van der Waals surface area contributed by atoms with Gasteiger partial charge in [-0.1, -0.05) is 48.5 Å². The number of carbonyl (C=O) groups is 1. The van der Waals surface area contributed by atoms with Gasteiger partial charge in [-0.15, -0.1) is 10.2 Å². The Labute approximate surface area is 140 Å². The lowest BCUT2D eigenvalue weighted by Crippen LogP contribution is -2.43. The quantitative estimate of drug-likeness (QED) is 0.626. The predicted octanol–water partition coefficient (Wildman–Crippen LogP) is 2.36. The number of amides is 1. The minimum Gasteiger partial charge on any atom is -0.351 e. The largest absolute Gasteiger partial charge is 0.351 e. The van der Waals surface area contributed by atoms with E-state index in [1.807, 2.05) is 52.0 Å². The first-order valence-electron chi connectivity index (χ1n) is 7.54. The summed E-state index contributed by atoms with van der Waals surface area (Å²) in [6, 6.07) is 7.90. The van der Waals surface area contributed by atoms with Crippen LogP contribution >= 0.6 is 11.8 Å². The number of aryl methyl sites for hydroxylation is 1. The van der Waals surface area contributed by atoms with E-state index < -0.39 is 0 Å². The standard InChI is InChI=1S/C16H23N5OS/c1-5-16(3,4)18-13(22)10-23-15-20-19-14(21(15)17)12-8-6-11(2)7-9-12/h6-9H,5,10,17H2,1-4H3,(H,18,22). The fourth-order valence-corrected chi connectivity index (χ4v) is 2.56. The zero-order chi connectivity index (χ0) is 17.0. The second-order valence-electron chi connectivity index (χ2n) is 6.12. The van der Waals surface area contributed by atoms with E-state index in [1.54, 1.807) is 0 Å². The molecule has 0 saturated heterocycles. The molecule has 0 aliphatic heterocycles. The average molecular weight is 333 g/mol. The highest BCUT2D eigenvalue weighted by atomic mass is 32.2.